The van der Waals surface area contributed by atoms with Crippen molar-refractivity contribution in [3.05, 3.63) is 29.8 Å². The average molecular weight is 237 g/mol. The van der Waals surface area contributed by atoms with Crippen molar-refractivity contribution in [3.63, 3.8) is 0 Å². The molecular formula is C14H23NO2. The van der Waals surface area contributed by atoms with E-state index in [4.69, 9.17) is 9.47 Å². The Morgan fingerprint density at radius 2 is 1.94 bits per heavy atom. The van der Waals surface area contributed by atoms with Gasteiger partial charge in [-0.25, -0.2) is 0 Å². The third-order valence-electron chi connectivity index (χ3n) is 2.54. The van der Waals surface area contributed by atoms with Crippen LogP contribution in [-0.4, -0.2) is 26.4 Å². The van der Waals surface area contributed by atoms with Crippen molar-refractivity contribution >= 4 is 0 Å². The van der Waals surface area contributed by atoms with Gasteiger partial charge >= 0.3 is 0 Å². The molecule has 3 nitrogen and oxygen atoms in total. The number of para-hydroxylation sites is 1. The fourth-order valence-corrected chi connectivity index (χ4v) is 1.67. The Bertz CT molecular complexity index is 326. The summed E-state index contributed by atoms with van der Waals surface area (Å²) in [5.41, 5.74) is 1.15. The summed E-state index contributed by atoms with van der Waals surface area (Å²) in [5.74, 6) is 0.932. The molecule has 0 bridgehead atoms. The van der Waals surface area contributed by atoms with Gasteiger partial charge in [0.1, 0.15) is 5.75 Å². The largest absolute Gasteiger partial charge is 0.494 e. The zero-order chi connectivity index (χ0) is 12.7. The van der Waals surface area contributed by atoms with Crippen molar-refractivity contribution in [2.45, 2.75) is 32.9 Å². The van der Waals surface area contributed by atoms with Crippen molar-refractivity contribution < 1.29 is 9.47 Å². The fourth-order valence-electron chi connectivity index (χ4n) is 1.67. The predicted molar refractivity (Wildman–Crippen MR) is 70.5 cm³/mol. The van der Waals surface area contributed by atoms with Crippen LogP contribution < -0.4 is 10.1 Å². The second-order valence-electron chi connectivity index (χ2n) is 4.19. The predicted octanol–water partition coefficient (Wildman–Crippen LogP) is 2.77. The Morgan fingerprint density at radius 3 is 2.53 bits per heavy atom. The first kappa shape index (κ1) is 14.0. The highest BCUT2D eigenvalue weighted by molar-refractivity contribution is 5.36. The maximum Gasteiger partial charge on any atom is 0.124 e. The topological polar surface area (TPSA) is 30.5 Å². The summed E-state index contributed by atoms with van der Waals surface area (Å²) in [6.07, 6.45) is 0.241. The number of nitrogens with one attached hydrogen (secondary N) is 1. The number of hydrogen-bond donors (Lipinski definition) is 1. The van der Waals surface area contributed by atoms with Gasteiger partial charge in [-0.2, -0.15) is 0 Å². The highest BCUT2D eigenvalue weighted by Gasteiger charge is 2.14. The van der Waals surface area contributed by atoms with Gasteiger partial charge in [-0.15, -0.1) is 0 Å². The Morgan fingerprint density at radius 1 is 1.24 bits per heavy atom. The Kier molecular flexibility index (Phi) is 6.01. The van der Waals surface area contributed by atoms with Crippen molar-refractivity contribution in [3.8, 4) is 5.75 Å². The molecule has 0 saturated heterocycles. The fraction of sp³-hybridized carbons (Fsp3) is 0.571. The molecule has 17 heavy (non-hydrogen) atoms. The van der Waals surface area contributed by atoms with Gasteiger partial charge in [-0.3, -0.25) is 0 Å². The second kappa shape index (κ2) is 7.30. The summed E-state index contributed by atoms with van der Waals surface area (Å²) >= 11 is 0. The van der Waals surface area contributed by atoms with Gasteiger partial charge in [0.15, 0.2) is 0 Å². The monoisotopic (exact) mass is 237 g/mol. The molecule has 96 valence electrons. The highest BCUT2D eigenvalue weighted by atomic mass is 16.5. The number of benzene rings is 1. The van der Waals surface area contributed by atoms with Crippen molar-refractivity contribution in [1.29, 1.82) is 0 Å². The summed E-state index contributed by atoms with van der Waals surface area (Å²) < 4.78 is 11.3. The van der Waals surface area contributed by atoms with E-state index in [-0.39, 0.29) is 12.1 Å². The molecule has 1 rings (SSSR count). The first-order valence-electron chi connectivity index (χ1n) is 6.19. The summed E-state index contributed by atoms with van der Waals surface area (Å²) in [7, 11) is 1.94. The van der Waals surface area contributed by atoms with Crippen LogP contribution in [0.3, 0.4) is 0 Å². The molecule has 3 heteroatoms. The normalized spacial score (nSPS) is 12.8. The van der Waals surface area contributed by atoms with Gasteiger partial charge in [-0.05, 0) is 33.9 Å². The molecule has 0 aliphatic rings. The Hall–Kier alpha value is -1.06. The zero-order valence-electron chi connectivity index (χ0n) is 11.2. The van der Waals surface area contributed by atoms with E-state index in [9.17, 15) is 0 Å². The molecule has 1 unspecified atom stereocenters. The molecule has 0 aliphatic carbocycles. The van der Waals surface area contributed by atoms with Crippen molar-refractivity contribution in [2.75, 3.05) is 20.3 Å². The quantitative estimate of drug-likeness (QED) is 0.791. The molecule has 1 N–H and O–H groups in total. The Labute approximate surface area is 104 Å². The van der Waals surface area contributed by atoms with Gasteiger partial charge in [-0.1, -0.05) is 18.2 Å². The molecule has 0 spiro atoms. The molecule has 1 aromatic rings. The molecular weight excluding hydrogens is 214 g/mol. The first-order chi connectivity index (χ1) is 8.19. The molecule has 0 fully saturated rings. The maximum atomic E-state index is 5.66. The lowest BCUT2D eigenvalue weighted by atomic mass is 10.1. The second-order valence-corrected chi connectivity index (χ2v) is 4.19. The lowest BCUT2D eigenvalue weighted by Crippen LogP contribution is -2.24. The summed E-state index contributed by atoms with van der Waals surface area (Å²) in [4.78, 5) is 0. The number of rotatable bonds is 7. The van der Waals surface area contributed by atoms with Crippen LogP contribution in [0.15, 0.2) is 24.3 Å². The maximum absolute atomic E-state index is 5.66. The van der Waals surface area contributed by atoms with E-state index < -0.39 is 0 Å². The van der Waals surface area contributed by atoms with Crippen LogP contribution in [-0.2, 0) is 4.74 Å². The molecule has 1 atom stereocenters. The van der Waals surface area contributed by atoms with E-state index >= 15 is 0 Å². The molecule has 0 saturated carbocycles. The number of likely N-dealkylation sites (N-methyl/N-ethyl adjacent to an activating group) is 1. The minimum atomic E-state index is 0.167. The third kappa shape index (κ3) is 4.36. The molecule has 0 aromatic heterocycles. The van der Waals surface area contributed by atoms with Crippen LogP contribution in [0.4, 0.5) is 0 Å². The van der Waals surface area contributed by atoms with Crippen LogP contribution in [0, 0.1) is 0 Å². The lowest BCUT2D eigenvalue weighted by Gasteiger charge is -2.21. The van der Waals surface area contributed by atoms with E-state index in [1.54, 1.807) is 0 Å². The first-order valence-corrected chi connectivity index (χ1v) is 6.19. The Balaban J connectivity index is 2.79. The van der Waals surface area contributed by atoms with Gasteiger partial charge in [0.25, 0.3) is 0 Å². The van der Waals surface area contributed by atoms with E-state index in [1.807, 2.05) is 46.0 Å². The molecule has 0 amide bonds. The van der Waals surface area contributed by atoms with E-state index in [0.717, 1.165) is 11.3 Å². The van der Waals surface area contributed by atoms with Gasteiger partial charge in [0, 0.05) is 5.56 Å². The number of hydrogen-bond acceptors (Lipinski definition) is 3. The van der Waals surface area contributed by atoms with Crippen molar-refractivity contribution in [2.24, 2.45) is 0 Å². The van der Waals surface area contributed by atoms with Crippen LogP contribution in [0.5, 0.6) is 5.75 Å². The standard InChI is InChI=1S/C14H23NO2/c1-5-16-14-9-7-6-8-12(14)13(15-4)10-17-11(2)3/h6-9,11,13,15H,5,10H2,1-4H3. The van der Waals surface area contributed by atoms with Crippen LogP contribution in [0.1, 0.15) is 32.4 Å². The minimum absolute atomic E-state index is 0.167. The molecule has 0 heterocycles. The summed E-state index contributed by atoms with van der Waals surface area (Å²) in [5, 5.41) is 3.27. The summed E-state index contributed by atoms with van der Waals surface area (Å²) in [6, 6.07) is 8.26. The van der Waals surface area contributed by atoms with E-state index in [1.165, 1.54) is 0 Å². The van der Waals surface area contributed by atoms with Crippen LogP contribution >= 0.6 is 0 Å². The smallest absolute Gasteiger partial charge is 0.124 e. The van der Waals surface area contributed by atoms with Crippen LogP contribution in [0.25, 0.3) is 0 Å². The summed E-state index contributed by atoms with van der Waals surface area (Å²) in [6.45, 7) is 7.41. The van der Waals surface area contributed by atoms with Crippen LogP contribution in [0.2, 0.25) is 0 Å². The average Bonchev–Trinajstić information content (AvgIpc) is 2.32. The van der Waals surface area contributed by atoms with Gasteiger partial charge in [0.2, 0.25) is 0 Å². The molecule has 0 radical (unpaired) electrons. The molecule has 1 aromatic carbocycles. The van der Waals surface area contributed by atoms with Crippen molar-refractivity contribution in [1.82, 2.24) is 5.32 Å². The minimum Gasteiger partial charge on any atom is -0.494 e. The van der Waals surface area contributed by atoms with Gasteiger partial charge < -0.3 is 14.8 Å². The third-order valence-corrected chi connectivity index (χ3v) is 2.54. The van der Waals surface area contributed by atoms with E-state index in [2.05, 4.69) is 11.4 Å². The SMILES string of the molecule is CCOc1ccccc1C(COC(C)C)NC. The van der Waals surface area contributed by atoms with Gasteiger partial charge in [0.05, 0.1) is 25.4 Å². The molecule has 0 aliphatic heterocycles. The zero-order valence-corrected chi connectivity index (χ0v) is 11.2. The number of ether oxygens (including phenoxy) is 2. The van der Waals surface area contributed by atoms with E-state index in [0.29, 0.717) is 13.2 Å². The highest BCUT2D eigenvalue weighted by Crippen LogP contribution is 2.25. The lowest BCUT2D eigenvalue weighted by molar-refractivity contribution is 0.0620.